The number of amides is 2. The summed E-state index contributed by atoms with van der Waals surface area (Å²) in [7, 11) is 0. The van der Waals surface area contributed by atoms with Crippen LogP contribution < -0.4 is 16.4 Å². The summed E-state index contributed by atoms with van der Waals surface area (Å²) in [6.45, 7) is 6.93. The molecule has 3 aromatic heterocycles. The highest BCUT2D eigenvalue weighted by molar-refractivity contribution is 6.35. The minimum absolute atomic E-state index is 0.0136. The van der Waals surface area contributed by atoms with Crippen molar-refractivity contribution in [2.45, 2.75) is 52.6 Å². The number of pyridine rings is 2. The summed E-state index contributed by atoms with van der Waals surface area (Å²) < 4.78 is 22.9. The zero-order chi connectivity index (χ0) is 30.0. The fraction of sp³-hybridized carbons (Fsp3) is 0.345. The van der Waals surface area contributed by atoms with Gasteiger partial charge in [0, 0.05) is 59.7 Å². The lowest BCUT2D eigenvalue weighted by molar-refractivity contribution is -0.133. The molecule has 1 aliphatic rings. The van der Waals surface area contributed by atoms with Crippen molar-refractivity contribution < 1.29 is 18.7 Å². The van der Waals surface area contributed by atoms with E-state index in [1.165, 1.54) is 18.6 Å². The average molecular weight is 595 g/mol. The molecule has 0 atom stereocenters. The Bertz CT molecular complexity index is 1660. The van der Waals surface area contributed by atoms with Crippen molar-refractivity contribution in [2.24, 2.45) is 0 Å². The predicted octanol–water partition coefficient (Wildman–Crippen LogP) is 5.75. The number of rotatable bonds is 8. The van der Waals surface area contributed by atoms with Crippen molar-refractivity contribution in [2.75, 3.05) is 29.5 Å². The molecule has 0 bridgehead atoms. The number of fused-ring (bicyclic) bond motifs is 2. The summed E-state index contributed by atoms with van der Waals surface area (Å²) in [6.07, 6.45) is 5.65. The van der Waals surface area contributed by atoms with Crippen LogP contribution in [0.25, 0.3) is 21.9 Å². The van der Waals surface area contributed by atoms with Gasteiger partial charge in [-0.2, -0.15) is 5.10 Å². The van der Waals surface area contributed by atoms with Crippen LogP contribution >= 0.6 is 11.6 Å². The third kappa shape index (κ3) is 5.94. The van der Waals surface area contributed by atoms with Crippen LogP contribution in [0, 0.1) is 5.82 Å². The monoisotopic (exact) mass is 594 g/mol. The smallest absolute Gasteiger partial charge is 0.411 e. The molecule has 0 aliphatic carbocycles. The van der Waals surface area contributed by atoms with Crippen LogP contribution in [0.2, 0.25) is 5.02 Å². The molecule has 1 aliphatic heterocycles. The van der Waals surface area contributed by atoms with E-state index in [-0.39, 0.29) is 52.6 Å². The number of aromatic nitrogens is 4. The summed E-state index contributed by atoms with van der Waals surface area (Å²) in [5.41, 5.74) is 7.31. The average Bonchev–Trinajstić information content (AvgIpc) is 3.24. The third-order valence-corrected chi connectivity index (χ3v) is 7.50. The van der Waals surface area contributed by atoms with Crippen LogP contribution in [0.15, 0.2) is 36.8 Å². The predicted molar refractivity (Wildman–Crippen MR) is 160 cm³/mol. The summed E-state index contributed by atoms with van der Waals surface area (Å²) in [5, 5.41) is 11.3. The molecule has 1 aromatic carbocycles. The number of nitrogens with one attached hydrogen (secondary N) is 2. The van der Waals surface area contributed by atoms with Crippen molar-refractivity contribution in [1.82, 2.24) is 24.6 Å². The molecule has 11 nitrogen and oxygen atoms in total. The second-order valence-electron chi connectivity index (χ2n) is 10.3. The molecule has 4 heterocycles. The lowest BCUT2D eigenvalue weighted by atomic mass is 10.0. The van der Waals surface area contributed by atoms with Crippen molar-refractivity contribution in [1.29, 1.82) is 0 Å². The molecule has 0 fully saturated rings. The van der Waals surface area contributed by atoms with Gasteiger partial charge in [0.2, 0.25) is 5.91 Å². The number of hydrogen-bond donors (Lipinski definition) is 3. The lowest BCUT2D eigenvalue weighted by Gasteiger charge is -2.24. The van der Waals surface area contributed by atoms with Crippen molar-refractivity contribution in [3.8, 4) is 11.1 Å². The van der Waals surface area contributed by atoms with Gasteiger partial charge in [-0.25, -0.2) is 14.2 Å². The number of anilines is 4. The zero-order valence-electron chi connectivity index (χ0n) is 23.6. The van der Waals surface area contributed by atoms with Gasteiger partial charge in [-0.15, -0.1) is 0 Å². The molecular formula is C29H32ClFN8O3. The molecule has 0 radical (unpaired) electrons. The molecule has 4 aromatic rings. The van der Waals surface area contributed by atoms with E-state index in [1.807, 2.05) is 31.7 Å². The highest BCUT2D eigenvalue weighted by Gasteiger charge is 2.24. The van der Waals surface area contributed by atoms with Crippen LogP contribution in [0.4, 0.5) is 32.2 Å². The second-order valence-corrected chi connectivity index (χ2v) is 10.7. The molecule has 4 N–H and O–H groups in total. The van der Waals surface area contributed by atoms with Gasteiger partial charge in [-0.3, -0.25) is 19.8 Å². The third-order valence-electron chi connectivity index (χ3n) is 7.07. The maximum atomic E-state index is 16.0. The minimum atomic E-state index is -0.787. The Hall–Kier alpha value is -4.45. The topological polar surface area (TPSA) is 140 Å². The van der Waals surface area contributed by atoms with Crippen molar-refractivity contribution in [3.05, 3.63) is 53.3 Å². The van der Waals surface area contributed by atoms with Gasteiger partial charge in [0.05, 0.1) is 29.2 Å². The van der Waals surface area contributed by atoms with Crippen molar-refractivity contribution >= 4 is 57.4 Å². The van der Waals surface area contributed by atoms with E-state index in [4.69, 9.17) is 22.1 Å². The quantitative estimate of drug-likeness (QED) is 0.219. The molecule has 0 saturated heterocycles. The molecule has 0 saturated carbocycles. The zero-order valence-corrected chi connectivity index (χ0v) is 24.3. The number of ether oxygens (including phenoxy) is 1. The number of nitrogen functional groups attached to an aromatic ring is 1. The van der Waals surface area contributed by atoms with E-state index in [0.717, 1.165) is 12.1 Å². The Morgan fingerprint density at radius 3 is 2.76 bits per heavy atom. The SMILES string of the molecule is CCCCOC(=O)Nc1c(F)c(-c2cncc(N)c2Cl)cc2cc(Nc3cc4n(n3)CC(=O)N(C(C)C)CC4)ncc12. The Kier molecular flexibility index (Phi) is 8.44. The van der Waals surface area contributed by atoms with Crippen LogP contribution in [-0.2, 0) is 22.5 Å². The van der Waals surface area contributed by atoms with E-state index in [9.17, 15) is 9.59 Å². The summed E-state index contributed by atoms with van der Waals surface area (Å²) in [4.78, 5) is 35.6. The van der Waals surface area contributed by atoms with Gasteiger partial charge in [0.1, 0.15) is 12.4 Å². The first-order chi connectivity index (χ1) is 20.2. The number of halogens is 2. The van der Waals surface area contributed by atoms with Gasteiger partial charge < -0.3 is 20.7 Å². The maximum Gasteiger partial charge on any atom is 0.411 e. The van der Waals surface area contributed by atoms with E-state index in [2.05, 4.69) is 25.7 Å². The molecule has 0 spiro atoms. The van der Waals surface area contributed by atoms with E-state index >= 15 is 4.39 Å². The van der Waals surface area contributed by atoms with Gasteiger partial charge in [0.25, 0.3) is 0 Å². The first-order valence-corrected chi connectivity index (χ1v) is 14.1. The molecule has 5 rings (SSSR count). The molecule has 13 heteroatoms. The summed E-state index contributed by atoms with van der Waals surface area (Å²) in [5.74, 6) is 0.229. The highest BCUT2D eigenvalue weighted by atomic mass is 35.5. The normalized spacial score (nSPS) is 13.3. The van der Waals surface area contributed by atoms with Gasteiger partial charge in [0.15, 0.2) is 11.6 Å². The number of nitrogens with zero attached hydrogens (tertiary/aromatic N) is 5. The molecule has 42 heavy (non-hydrogen) atoms. The number of carbonyl (C=O) groups excluding carboxylic acids is 2. The Balaban J connectivity index is 1.50. The number of hydrogen-bond acceptors (Lipinski definition) is 8. The summed E-state index contributed by atoms with van der Waals surface area (Å²) >= 11 is 6.42. The highest BCUT2D eigenvalue weighted by Crippen LogP contribution is 2.39. The Morgan fingerprint density at radius 2 is 2.00 bits per heavy atom. The van der Waals surface area contributed by atoms with Crippen LogP contribution in [0.1, 0.15) is 39.3 Å². The van der Waals surface area contributed by atoms with Crippen LogP contribution in [-0.4, -0.2) is 55.8 Å². The van der Waals surface area contributed by atoms with Gasteiger partial charge in [-0.05, 0) is 37.8 Å². The van der Waals surface area contributed by atoms with Crippen molar-refractivity contribution in [3.63, 3.8) is 0 Å². The van der Waals surface area contributed by atoms with Crippen LogP contribution in [0.5, 0.6) is 0 Å². The van der Waals surface area contributed by atoms with Crippen LogP contribution in [0.3, 0.4) is 0 Å². The van der Waals surface area contributed by atoms with E-state index in [0.29, 0.717) is 41.8 Å². The number of unbranched alkanes of at least 4 members (excludes halogenated alkanes) is 1. The van der Waals surface area contributed by atoms with Gasteiger partial charge in [-0.1, -0.05) is 24.9 Å². The lowest BCUT2D eigenvalue weighted by Crippen LogP contribution is -2.38. The first kappa shape index (κ1) is 29.1. The number of nitrogens with two attached hydrogens (primary N) is 1. The molecule has 220 valence electrons. The number of benzene rings is 1. The maximum absolute atomic E-state index is 16.0. The largest absolute Gasteiger partial charge is 0.449 e. The minimum Gasteiger partial charge on any atom is -0.449 e. The standard InChI is InChI=1S/C29H32ClFN8O3/c1-4-5-8-42-29(41)36-28-20-13-34-23(10-17(20)9-19(27(28)31)21-12-33-14-22(32)26(21)30)35-24-11-18-6-7-38(16(2)3)25(40)15-39(18)37-24/h9-14,16H,4-8,15,32H2,1-3H3,(H,36,41)(H,34,35,37). The fourth-order valence-corrected chi connectivity index (χ4v) is 5.06. The second kappa shape index (κ2) is 12.2. The fourth-order valence-electron chi connectivity index (χ4n) is 4.86. The van der Waals surface area contributed by atoms with Gasteiger partial charge >= 0.3 is 6.09 Å². The van der Waals surface area contributed by atoms with E-state index in [1.54, 1.807) is 16.8 Å². The Labute approximate surface area is 247 Å². The Morgan fingerprint density at radius 1 is 1.19 bits per heavy atom. The van der Waals surface area contributed by atoms with E-state index < -0.39 is 11.9 Å². The molecule has 0 unspecified atom stereocenters. The number of carbonyl (C=O) groups is 2. The summed E-state index contributed by atoms with van der Waals surface area (Å²) in [6, 6.07) is 5.30. The molecular weight excluding hydrogens is 563 g/mol. The molecule has 2 amide bonds. The first-order valence-electron chi connectivity index (χ1n) is 13.7.